The minimum absolute atomic E-state index is 0.0215. The molecule has 0 aliphatic heterocycles. The molecule has 8 heteroatoms. The third-order valence-corrected chi connectivity index (χ3v) is 3.89. The Morgan fingerprint density at radius 1 is 1.30 bits per heavy atom. The zero-order valence-electron chi connectivity index (χ0n) is 10.5. The van der Waals surface area contributed by atoms with Crippen molar-refractivity contribution in [1.29, 1.82) is 0 Å². The van der Waals surface area contributed by atoms with E-state index < -0.39 is 16.0 Å². The maximum Gasteiger partial charge on any atom is 0.265 e. The second-order valence-corrected chi connectivity index (χ2v) is 5.51. The number of aromatic nitrogens is 1. The predicted molar refractivity (Wildman–Crippen MR) is 72.4 cm³/mol. The van der Waals surface area contributed by atoms with Gasteiger partial charge in [-0.3, -0.25) is 4.72 Å². The molecule has 0 saturated heterocycles. The molecule has 2 rings (SSSR count). The van der Waals surface area contributed by atoms with Gasteiger partial charge in [0.25, 0.3) is 10.0 Å². The van der Waals surface area contributed by atoms with Crippen LogP contribution >= 0.6 is 0 Å². The van der Waals surface area contributed by atoms with Crippen molar-refractivity contribution in [2.45, 2.75) is 4.90 Å². The van der Waals surface area contributed by atoms with Gasteiger partial charge in [-0.15, -0.1) is 0 Å². The van der Waals surface area contributed by atoms with Crippen molar-refractivity contribution in [3.8, 4) is 5.75 Å². The van der Waals surface area contributed by atoms with Crippen molar-refractivity contribution in [2.75, 3.05) is 17.6 Å². The molecule has 6 nitrogen and oxygen atoms in total. The van der Waals surface area contributed by atoms with E-state index in [0.717, 1.165) is 6.07 Å². The summed E-state index contributed by atoms with van der Waals surface area (Å²) in [7, 11) is -2.50. The number of halogens is 1. The van der Waals surface area contributed by atoms with Crippen molar-refractivity contribution >= 4 is 21.5 Å². The zero-order chi connectivity index (χ0) is 14.8. The molecule has 0 aliphatic carbocycles. The van der Waals surface area contributed by atoms with Gasteiger partial charge in [-0.1, -0.05) is 6.07 Å². The summed E-state index contributed by atoms with van der Waals surface area (Å²) in [5.74, 6) is -0.474. The Balaban J connectivity index is 2.36. The number of ether oxygens (including phenoxy) is 1. The molecule has 2 aromatic rings. The summed E-state index contributed by atoms with van der Waals surface area (Å²) < 4.78 is 44.3. The Kier molecular flexibility index (Phi) is 3.75. The van der Waals surface area contributed by atoms with E-state index >= 15 is 0 Å². The van der Waals surface area contributed by atoms with E-state index in [4.69, 9.17) is 10.5 Å². The lowest BCUT2D eigenvalue weighted by Gasteiger charge is -2.10. The highest BCUT2D eigenvalue weighted by molar-refractivity contribution is 7.92. The van der Waals surface area contributed by atoms with Crippen molar-refractivity contribution < 1.29 is 17.5 Å². The molecule has 20 heavy (non-hydrogen) atoms. The molecule has 1 aromatic carbocycles. The number of benzene rings is 1. The number of nitrogens with zero attached hydrogens (tertiary/aromatic N) is 1. The number of anilines is 2. The molecule has 0 fully saturated rings. The van der Waals surface area contributed by atoms with Gasteiger partial charge in [0, 0.05) is 6.07 Å². The highest BCUT2D eigenvalue weighted by Crippen LogP contribution is 2.25. The third-order valence-electron chi connectivity index (χ3n) is 2.46. The van der Waals surface area contributed by atoms with Crippen LogP contribution in [0.3, 0.4) is 0 Å². The fraction of sp³-hybridized carbons (Fsp3) is 0.0833. The van der Waals surface area contributed by atoms with Crippen LogP contribution in [0.4, 0.5) is 15.9 Å². The first kappa shape index (κ1) is 14.1. The summed E-state index contributed by atoms with van der Waals surface area (Å²) in [6.07, 6.45) is 0. The Labute approximate surface area is 115 Å². The van der Waals surface area contributed by atoms with Crippen LogP contribution in [0.1, 0.15) is 0 Å². The molecule has 0 saturated carbocycles. The standard InChI is InChI=1S/C12H12FN3O3S/c1-19-8-5-6-10(9(14)7-8)20(17,18)16-12-4-2-3-11(13)15-12/h2-7H,14H2,1H3,(H,15,16). The van der Waals surface area contributed by atoms with Gasteiger partial charge in [0.15, 0.2) is 0 Å². The van der Waals surface area contributed by atoms with Gasteiger partial charge in [-0.2, -0.15) is 4.39 Å². The first-order valence-corrected chi connectivity index (χ1v) is 6.99. The predicted octanol–water partition coefficient (Wildman–Crippen LogP) is 1.61. The smallest absolute Gasteiger partial charge is 0.265 e. The molecule has 106 valence electrons. The molecule has 1 heterocycles. The summed E-state index contributed by atoms with van der Waals surface area (Å²) in [6.45, 7) is 0. The summed E-state index contributed by atoms with van der Waals surface area (Å²) in [5.41, 5.74) is 5.69. The van der Waals surface area contributed by atoms with Gasteiger partial charge in [0.1, 0.15) is 16.5 Å². The SMILES string of the molecule is COc1ccc(S(=O)(=O)Nc2cccc(F)n2)c(N)c1. The van der Waals surface area contributed by atoms with Crippen LogP contribution in [0, 0.1) is 5.95 Å². The molecule has 0 spiro atoms. The Hall–Kier alpha value is -2.35. The van der Waals surface area contributed by atoms with Crippen LogP contribution in [-0.4, -0.2) is 20.5 Å². The second-order valence-electron chi connectivity index (χ2n) is 3.85. The van der Waals surface area contributed by atoms with Crippen LogP contribution < -0.4 is 15.2 Å². The topological polar surface area (TPSA) is 94.3 Å². The number of nitrogens with one attached hydrogen (secondary N) is 1. The Bertz CT molecular complexity index is 734. The first-order valence-electron chi connectivity index (χ1n) is 5.51. The van der Waals surface area contributed by atoms with Gasteiger partial charge in [-0.25, -0.2) is 13.4 Å². The fourth-order valence-corrected chi connectivity index (χ4v) is 2.67. The number of sulfonamides is 1. The summed E-state index contributed by atoms with van der Waals surface area (Å²) in [5, 5.41) is 0. The van der Waals surface area contributed by atoms with E-state index in [1.807, 2.05) is 0 Å². The van der Waals surface area contributed by atoms with Crippen LogP contribution in [0.25, 0.3) is 0 Å². The highest BCUT2D eigenvalue weighted by Gasteiger charge is 2.18. The number of rotatable bonds is 4. The number of hydrogen-bond acceptors (Lipinski definition) is 5. The zero-order valence-corrected chi connectivity index (χ0v) is 11.3. The van der Waals surface area contributed by atoms with E-state index in [1.54, 1.807) is 0 Å². The minimum atomic E-state index is -3.95. The number of pyridine rings is 1. The molecule has 1 aromatic heterocycles. The normalized spacial score (nSPS) is 11.1. The fourth-order valence-electron chi connectivity index (χ4n) is 1.56. The minimum Gasteiger partial charge on any atom is -0.497 e. The molecular formula is C12H12FN3O3S. The maximum atomic E-state index is 12.9. The second kappa shape index (κ2) is 5.33. The largest absolute Gasteiger partial charge is 0.497 e. The van der Waals surface area contributed by atoms with E-state index in [9.17, 15) is 12.8 Å². The van der Waals surface area contributed by atoms with E-state index in [2.05, 4.69) is 9.71 Å². The van der Waals surface area contributed by atoms with Gasteiger partial charge in [0.2, 0.25) is 5.95 Å². The summed E-state index contributed by atoms with van der Waals surface area (Å²) in [4.78, 5) is 3.29. The number of nitrogen functional groups attached to an aromatic ring is 1. The van der Waals surface area contributed by atoms with Crippen LogP contribution in [-0.2, 0) is 10.0 Å². The molecule has 0 amide bonds. The molecule has 0 unspecified atom stereocenters. The summed E-state index contributed by atoms with van der Waals surface area (Å²) in [6, 6.07) is 7.94. The average molecular weight is 297 g/mol. The lowest BCUT2D eigenvalue weighted by molar-refractivity contribution is 0.414. The lowest BCUT2D eigenvalue weighted by Crippen LogP contribution is -2.15. The first-order chi connectivity index (χ1) is 9.42. The Morgan fingerprint density at radius 3 is 2.65 bits per heavy atom. The van der Waals surface area contributed by atoms with Crippen molar-refractivity contribution in [2.24, 2.45) is 0 Å². The van der Waals surface area contributed by atoms with Crippen LogP contribution in [0.2, 0.25) is 0 Å². The molecular weight excluding hydrogens is 285 g/mol. The lowest BCUT2D eigenvalue weighted by atomic mass is 10.3. The number of hydrogen-bond donors (Lipinski definition) is 2. The van der Waals surface area contributed by atoms with Crippen molar-refractivity contribution in [3.05, 3.63) is 42.3 Å². The quantitative estimate of drug-likeness (QED) is 0.660. The van der Waals surface area contributed by atoms with E-state index in [0.29, 0.717) is 5.75 Å². The van der Waals surface area contributed by atoms with Crippen LogP contribution in [0.15, 0.2) is 41.3 Å². The van der Waals surface area contributed by atoms with Gasteiger partial charge in [-0.05, 0) is 24.3 Å². The van der Waals surface area contributed by atoms with E-state index in [1.165, 1.54) is 37.4 Å². The van der Waals surface area contributed by atoms with Crippen LogP contribution in [0.5, 0.6) is 5.75 Å². The maximum absolute atomic E-state index is 12.9. The van der Waals surface area contributed by atoms with Gasteiger partial charge < -0.3 is 10.5 Å². The molecule has 0 atom stereocenters. The highest BCUT2D eigenvalue weighted by atomic mass is 32.2. The molecule has 3 N–H and O–H groups in total. The number of nitrogens with two attached hydrogens (primary N) is 1. The van der Waals surface area contributed by atoms with Crippen molar-refractivity contribution in [3.63, 3.8) is 0 Å². The van der Waals surface area contributed by atoms with Gasteiger partial charge in [0.05, 0.1) is 12.8 Å². The average Bonchev–Trinajstić information content (AvgIpc) is 2.37. The molecule has 0 radical (unpaired) electrons. The molecule has 0 aliphatic rings. The monoisotopic (exact) mass is 297 g/mol. The van der Waals surface area contributed by atoms with Crippen molar-refractivity contribution in [1.82, 2.24) is 4.98 Å². The van der Waals surface area contributed by atoms with Gasteiger partial charge >= 0.3 is 0 Å². The van der Waals surface area contributed by atoms with E-state index in [-0.39, 0.29) is 16.4 Å². The third kappa shape index (κ3) is 2.97. The number of methoxy groups -OCH3 is 1. The summed E-state index contributed by atoms with van der Waals surface area (Å²) >= 11 is 0. The molecule has 0 bridgehead atoms. The Morgan fingerprint density at radius 2 is 2.05 bits per heavy atom.